The minimum absolute atomic E-state index is 0.0120. The van der Waals surface area contributed by atoms with Gasteiger partial charge in [0.2, 0.25) is 11.8 Å². The molecule has 6 N–H and O–H groups in total. The van der Waals surface area contributed by atoms with Crippen LogP contribution in [0.1, 0.15) is 18.5 Å². The van der Waals surface area contributed by atoms with Crippen LogP contribution >= 0.6 is 0 Å². The second-order valence-electron chi connectivity index (χ2n) is 6.90. The van der Waals surface area contributed by atoms with Gasteiger partial charge in [0.1, 0.15) is 11.9 Å². The molecule has 0 saturated heterocycles. The van der Waals surface area contributed by atoms with Crippen molar-refractivity contribution in [1.29, 1.82) is 0 Å². The molecule has 0 fully saturated rings. The number of benzene rings is 1. The number of hydrogen-bond donors (Lipinski definition) is 6. The van der Waals surface area contributed by atoms with Crippen molar-refractivity contribution < 1.29 is 37.1 Å². The van der Waals surface area contributed by atoms with Gasteiger partial charge < -0.3 is 26.0 Å². The molecule has 4 amide bonds. The van der Waals surface area contributed by atoms with Gasteiger partial charge in [-0.05, 0) is 24.3 Å². The molecule has 0 radical (unpaired) electrons. The maximum atomic E-state index is 12.9. The van der Waals surface area contributed by atoms with E-state index in [1.807, 2.05) is 0 Å². The number of halogens is 1. The normalized spacial score (nSPS) is 11.8. The van der Waals surface area contributed by atoms with Crippen LogP contribution in [0.25, 0.3) is 0 Å². The van der Waals surface area contributed by atoms with Gasteiger partial charge in [0.05, 0.1) is 11.2 Å². The molecule has 0 aliphatic heterocycles. The third kappa shape index (κ3) is 8.85. The third-order valence-corrected chi connectivity index (χ3v) is 5.62. The van der Waals surface area contributed by atoms with Crippen molar-refractivity contribution in [2.24, 2.45) is 0 Å². The van der Waals surface area contributed by atoms with Gasteiger partial charge in [-0.15, -0.1) is 0 Å². The molecule has 2 rings (SSSR count). The predicted octanol–water partition coefficient (Wildman–Crippen LogP) is -0.755. The van der Waals surface area contributed by atoms with Gasteiger partial charge in [0, 0.05) is 44.2 Å². The summed E-state index contributed by atoms with van der Waals surface area (Å²) in [5.41, 5.74) is 0.531. The van der Waals surface area contributed by atoms with Crippen LogP contribution in [0.3, 0.4) is 0 Å². The molecule has 184 valence electrons. The molecule has 13 nitrogen and oxygen atoms in total. The minimum atomic E-state index is -4.20. The fourth-order valence-corrected chi connectivity index (χ4v) is 3.54. The van der Waals surface area contributed by atoms with E-state index >= 15 is 0 Å². The van der Waals surface area contributed by atoms with E-state index in [-0.39, 0.29) is 37.2 Å². The van der Waals surface area contributed by atoms with E-state index in [4.69, 9.17) is 0 Å². The number of nitrogens with zero attached hydrogens (tertiary/aromatic N) is 1. The van der Waals surface area contributed by atoms with Gasteiger partial charge in [0.15, 0.2) is 0 Å². The summed E-state index contributed by atoms with van der Waals surface area (Å²) in [7, 11) is -4.20. The Morgan fingerprint density at radius 1 is 1.03 bits per heavy atom. The number of hydrogen-bond acceptors (Lipinski definition) is 7. The highest BCUT2D eigenvalue weighted by atomic mass is 32.2. The van der Waals surface area contributed by atoms with Gasteiger partial charge in [-0.2, -0.15) is 0 Å². The maximum Gasteiger partial charge on any atom is 0.328 e. The summed E-state index contributed by atoms with van der Waals surface area (Å²) in [6.45, 7) is -0.278. The van der Waals surface area contributed by atoms with Crippen molar-refractivity contribution in [3.8, 4) is 0 Å². The topological polar surface area (TPSA) is 199 Å². The minimum Gasteiger partial charge on any atom is -0.480 e. The van der Waals surface area contributed by atoms with Gasteiger partial charge >= 0.3 is 12.0 Å². The number of imidazole rings is 1. The van der Waals surface area contributed by atoms with Gasteiger partial charge in [0.25, 0.3) is 10.0 Å². The lowest BCUT2D eigenvalue weighted by Crippen LogP contribution is -2.43. The lowest BCUT2D eigenvalue weighted by atomic mass is 10.1. The second-order valence-corrected chi connectivity index (χ2v) is 8.59. The first kappa shape index (κ1) is 26.2. The number of H-pyrrole nitrogens is 1. The van der Waals surface area contributed by atoms with Gasteiger partial charge in [-0.1, -0.05) is 0 Å². The van der Waals surface area contributed by atoms with Crippen LogP contribution in [0.2, 0.25) is 0 Å². The second kappa shape index (κ2) is 12.3. The van der Waals surface area contributed by atoms with Crippen molar-refractivity contribution in [1.82, 2.24) is 30.6 Å². The molecular formula is C19H23FN6O7S. The molecule has 2 aromatic rings. The molecule has 0 bridgehead atoms. The van der Waals surface area contributed by atoms with Crippen LogP contribution in [0.5, 0.6) is 0 Å². The molecule has 1 heterocycles. The summed E-state index contributed by atoms with van der Waals surface area (Å²) in [5.74, 6) is -2.97. The summed E-state index contributed by atoms with van der Waals surface area (Å²) in [4.78, 5) is 53.0. The molecular weight excluding hydrogens is 475 g/mol. The first-order valence-electron chi connectivity index (χ1n) is 9.89. The molecule has 0 spiro atoms. The number of carbonyl (C=O) groups excluding carboxylic acids is 3. The number of carbonyl (C=O) groups is 4. The number of amides is 4. The molecule has 1 aromatic heterocycles. The monoisotopic (exact) mass is 498 g/mol. The zero-order valence-corrected chi connectivity index (χ0v) is 18.5. The molecule has 1 atom stereocenters. The van der Waals surface area contributed by atoms with Crippen molar-refractivity contribution in [3.05, 3.63) is 48.3 Å². The summed E-state index contributed by atoms with van der Waals surface area (Å²) in [6, 6.07) is 1.59. The third-order valence-electron chi connectivity index (χ3n) is 4.28. The van der Waals surface area contributed by atoms with Gasteiger partial charge in [-0.3, -0.25) is 9.59 Å². The lowest BCUT2D eigenvalue weighted by molar-refractivity contribution is -0.141. The molecule has 0 aliphatic carbocycles. The van der Waals surface area contributed by atoms with Crippen LogP contribution in [0, 0.1) is 5.82 Å². The summed E-state index contributed by atoms with van der Waals surface area (Å²) in [5, 5.41) is 16.2. The van der Waals surface area contributed by atoms with E-state index in [1.165, 1.54) is 12.5 Å². The number of carboxylic acids is 1. The molecule has 0 unspecified atom stereocenters. The zero-order valence-electron chi connectivity index (χ0n) is 17.7. The number of aliphatic carboxylic acids is 1. The highest BCUT2D eigenvalue weighted by molar-refractivity contribution is 7.90. The van der Waals surface area contributed by atoms with Crippen molar-refractivity contribution in [2.75, 3.05) is 13.1 Å². The van der Waals surface area contributed by atoms with E-state index in [1.54, 1.807) is 4.72 Å². The Bertz CT molecular complexity index is 1110. The molecule has 15 heteroatoms. The quantitative estimate of drug-likeness (QED) is 0.219. The molecule has 0 aliphatic rings. The number of aromatic amines is 1. The van der Waals surface area contributed by atoms with Crippen LogP contribution in [0.4, 0.5) is 9.18 Å². The maximum absolute atomic E-state index is 12.9. The summed E-state index contributed by atoms with van der Waals surface area (Å²) < 4.78 is 38.6. The smallest absolute Gasteiger partial charge is 0.328 e. The van der Waals surface area contributed by atoms with Crippen LogP contribution in [0.15, 0.2) is 41.7 Å². The Hall–Kier alpha value is -4.01. The number of aromatic nitrogens is 2. The fraction of sp³-hybridized carbons (Fsp3) is 0.316. The fourth-order valence-electron chi connectivity index (χ4n) is 2.61. The first-order valence-corrected chi connectivity index (χ1v) is 11.4. The predicted molar refractivity (Wildman–Crippen MR) is 114 cm³/mol. The van der Waals surface area contributed by atoms with Crippen LogP contribution in [-0.2, 0) is 30.8 Å². The summed E-state index contributed by atoms with van der Waals surface area (Å²) >= 11 is 0. The van der Waals surface area contributed by atoms with Gasteiger partial charge in [-0.25, -0.2) is 32.1 Å². The SMILES string of the molecule is O=C(CCNC(=O)NS(=O)(=O)c1ccc(F)cc1)NCCC(=O)N[C@@H](Cc1cnc[nH]1)C(=O)O. The van der Waals surface area contributed by atoms with E-state index in [9.17, 15) is 37.1 Å². The lowest BCUT2D eigenvalue weighted by Gasteiger charge is -2.14. The molecule has 1 aromatic carbocycles. The van der Waals surface area contributed by atoms with Crippen LogP contribution < -0.4 is 20.7 Å². The summed E-state index contributed by atoms with van der Waals surface area (Å²) in [6.07, 6.45) is 2.45. The number of nitrogens with one attached hydrogen (secondary N) is 5. The van der Waals surface area contributed by atoms with E-state index in [0.717, 1.165) is 24.3 Å². The molecule has 34 heavy (non-hydrogen) atoms. The van der Waals surface area contributed by atoms with Crippen LogP contribution in [-0.4, -0.2) is 66.4 Å². The Balaban J connectivity index is 1.65. The Labute approximate surface area is 193 Å². The number of urea groups is 1. The number of carboxylic acid groups (broad SMARTS) is 1. The van der Waals surface area contributed by atoms with E-state index < -0.39 is 45.7 Å². The molecule has 0 saturated carbocycles. The highest BCUT2D eigenvalue weighted by Gasteiger charge is 2.21. The van der Waals surface area contributed by atoms with Crippen molar-refractivity contribution in [2.45, 2.75) is 30.2 Å². The largest absolute Gasteiger partial charge is 0.480 e. The zero-order chi connectivity index (χ0) is 25.1. The van der Waals surface area contributed by atoms with E-state index in [2.05, 4.69) is 25.9 Å². The van der Waals surface area contributed by atoms with Crippen molar-refractivity contribution in [3.63, 3.8) is 0 Å². The number of rotatable bonds is 12. The van der Waals surface area contributed by atoms with E-state index in [0.29, 0.717) is 5.69 Å². The number of sulfonamides is 1. The Kier molecular flexibility index (Phi) is 9.49. The highest BCUT2D eigenvalue weighted by Crippen LogP contribution is 2.09. The standard InChI is InChI=1S/C19H23FN6O7S/c20-12-1-3-14(4-2-12)34(32,33)26-19(31)23-8-5-16(27)22-7-6-17(28)25-15(18(29)30)9-13-10-21-11-24-13/h1-4,10-11,15H,5-9H2,(H,21,24)(H,22,27)(H,25,28)(H,29,30)(H2,23,26,31)/t15-/m0/s1. The Morgan fingerprint density at radius 3 is 2.29 bits per heavy atom. The first-order chi connectivity index (χ1) is 16.1. The van der Waals surface area contributed by atoms with Crippen molar-refractivity contribution >= 4 is 33.8 Å². The average molecular weight is 498 g/mol. The Morgan fingerprint density at radius 2 is 1.68 bits per heavy atom. The average Bonchev–Trinajstić information content (AvgIpc) is 3.26.